The zero-order valence-electron chi connectivity index (χ0n) is 11.5. The van der Waals surface area contributed by atoms with E-state index in [1.807, 2.05) is 11.9 Å². The van der Waals surface area contributed by atoms with Gasteiger partial charge in [-0.3, -0.25) is 0 Å². The summed E-state index contributed by atoms with van der Waals surface area (Å²) in [6.45, 7) is 4.39. The van der Waals surface area contributed by atoms with Crippen LogP contribution < -0.4 is 4.90 Å². The number of piperazine rings is 1. The third-order valence-corrected chi connectivity index (χ3v) is 4.16. The summed E-state index contributed by atoms with van der Waals surface area (Å²) in [6.07, 6.45) is -4.36. The molecule has 0 amide bonds. The minimum Gasteiger partial charge on any atom is -0.369 e. The molecule has 1 heterocycles. The lowest BCUT2D eigenvalue weighted by molar-refractivity contribution is -0.138. The average Bonchev–Trinajstić information content (AvgIpc) is 2.40. The Morgan fingerprint density at radius 2 is 2.00 bits per heavy atom. The van der Waals surface area contributed by atoms with Crippen LogP contribution in [-0.2, 0) is 12.1 Å². The number of hydrogen-bond donors (Lipinski definition) is 0. The van der Waals surface area contributed by atoms with Crippen LogP contribution in [0.4, 0.5) is 18.9 Å². The van der Waals surface area contributed by atoms with Crippen LogP contribution in [0, 0.1) is 0 Å². The Labute approximate surface area is 122 Å². The highest BCUT2D eigenvalue weighted by atomic mass is 35.5. The van der Waals surface area contributed by atoms with Crippen LogP contribution in [0.3, 0.4) is 0 Å². The minimum absolute atomic E-state index is 0.130. The number of alkyl halides is 4. The fourth-order valence-electron chi connectivity index (χ4n) is 2.42. The maximum Gasteiger partial charge on any atom is 0.416 e. The summed E-state index contributed by atoms with van der Waals surface area (Å²) in [5, 5.41) is 0. The summed E-state index contributed by atoms with van der Waals surface area (Å²) >= 11 is 5.60. The van der Waals surface area contributed by atoms with Crippen LogP contribution in [0.2, 0.25) is 0 Å². The standard InChI is InChI=1S/C14H18ClF3N2/c1-10-9-20(6-5-19(10)2)12-4-3-11(8-15)13(7-12)14(16,17)18/h3-4,7,10H,5-6,8-9H2,1-2H3. The monoisotopic (exact) mass is 306 g/mol. The molecule has 1 fully saturated rings. The Balaban J connectivity index is 2.30. The van der Waals surface area contributed by atoms with Gasteiger partial charge in [-0.25, -0.2) is 0 Å². The molecule has 0 aliphatic carbocycles. The van der Waals surface area contributed by atoms with Gasteiger partial charge in [-0.1, -0.05) is 6.07 Å². The third-order valence-electron chi connectivity index (χ3n) is 3.87. The second-order valence-corrected chi connectivity index (χ2v) is 5.52. The van der Waals surface area contributed by atoms with Crippen molar-refractivity contribution in [3.05, 3.63) is 29.3 Å². The summed E-state index contributed by atoms with van der Waals surface area (Å²) in [5.41, 5.74) is 0.118. The first-order chi connectivity index (χ1) is 9.32. The van der Waals surface area contributed by atoms with E-state index in [4.69, 9.17) is 11.6 Å². The largest absolute Gasteiger partial charge is 0.416 e. The first-order valence-corrected chi connectivity index (χ1v) is 7.07. The molecule has 0 N–H and O–H groups in total. The molecule has 0 bridgehead atoms. The van der Waals surface area contributed by atoms with Crippen molar-refractivity contribution in [2.75, 3.05) is 31.6 Å². The molecule has 1 saturated heterocycles. The van der Waals surface area contributed by atoms with Crippen molar-refractivity contribution in [3.8, 4) is 0 Å². The number of rotatable bonds is 2. The molecule has 1 unspecified atom stereocenters. The van der Waals surface area contributed by atoms with Gasteiger partial charge < -0.3 is 9.80 Å². The van der Waals surface area contributed by atoms with E-state index in [9.17, 15) is 13.2 Å². The fraction of sp³-hybridized carbons (Fsp3) is 0.571. The number of benzene rings is 1. The van der Waals surface area contributed by atoms with Crippen LogP contribution in [-0.4, -0.2) is 37.6 Å². The van der Waals surface area contributed by atoms with Crippen molar-refractivity contribution in [1.82, 2.24) is 4.90 Å². The van der Waals surface area contributed by atoms with Crippen LogP contribution in [0.1, 0.15) is 18.1 Å². The molecule has 6 heteroatoms. The summed E-state index contributed by atoms with van der Waals surface area (Å²) in [6, 6.07) is 4.75. The molecule has 1 aromatic carbocycles. The van der Waals surface area contributed by atoms with Crippen molar-refractivity contribution in [3.63, 3.8) is 0 Å². The van der Waals surface area contributed by atoms with Gasteiger partial charge in [0.1, 0.15) is 0 Å². The Morgan fingerprint density at radius 1 is 1.30 bits per heavy atom. The van der Waals surface area contributed by atoms with Crippen LogP contribution >= 0.6 is 11.6 Å². The van der Waals surface area contributed by atoms with Gasteiger partial charge in [-0.05, 0) is 31.7 Å². The highest BCUT2D eigenvalue weighted by molar-refractivity contribution is 6.17. The minimum atomic E-state index is -4.36. The van der Waals surface area contributed by atoms with Crippen LogP contribution in [0.5, 0.6) is 0 Å². The van der Waals surface area contributed by atoms with E-state index in [1.54, 1.807) is 6.07 Å². The number of hydrogen-bond acceptors (Lipinski definition) is 2. The Kier molecular flexibility index (Phi) is 4.49. The summed E-state index contributed by atoms with van der Waals surface area (Å²) < 4.78 is 39.1. The molecule has 0 aromatic heterocycles. The van der Waals surface area contributed by atoms with Gasteiger partial charge in [0.2, 0.25) is 0 Å². The number of anilines is 1. The van der Waals surface area contributed by atoms with Gasteiger partial charge in [0.05, 0.1) is 5.56 Å². The highest BCUT2D eigenvalue weighted by Crippen LogP contribution is 2.35. The van der Waals surface area contributed by atoms with E-state index in [0.29, 0.717) is 11.7 Å². The lowest BCUT2D eigenvalue weighted by atomic mass is 10.1. The first-order valence-electron chi connectivity index (χ1n) is 6.54. The average molecular weight is 307 g/mol. The lowest BCUT2D eigenvalue weighted by Crippen LogP contribution is -2.50. The van der Waals surface area contributed by atoms with Crippen molar-refractivity contribution < 1.29 is 13.2 Å². The molecular formula is C14H18ClF3N2. The van der Waals surface area contributed by atoms with Gasteiger partial charge in [0.25, 0.3) is 0 Å². The zero-order valence-corrected chi connectivity index (χ0v) is 12.3. The van der Waals surface area contributed by atoms with E-state index in [2.05, 4.69) is 11.8 Å². The highest BCUT2D eigenvalue weighted by Gasteiger charge is 2.34. The molecule has 20 heavy (non-hydrogen) atoms. The third kappa shape index (κ3) is 3.20. The molecule has 112 valence electrons. The van der Waals surface area contributed by atoms with Crippen molar-refractivity contribution >= 4 is 17.3 Å². The molecule has 1 atom stereocenters. The van der Waals surface area contributed by atoms with E-state index >= 15 is 0 Å². The topological polar surface area (TPSA) is 6.48 Å². The summed E-state index contributed by atoms with van der Waals surface area (Å²) in [7, 11) is 2.03. The number of nitrogens with zero attached hydrogens (tertiary/aromatic N) is 2. The van der Waals surface area contributed by atoms with Gasteiger partial charge in [0.15, 0.2) is 0 Å². The van der Waals surface area contributed by atoms with E-state index in [1.165, 1.54) is 12.1 Å². The zero-order chi connectivity index (χ0) is 14.9. The van der Waals surface area contributed by atoms with Gasteiger partial charge in [-0.2, -0.15) is 13.2 Å². The molecule has 0 saturated carbocycles. The summed E-state index contributed by atoms with van der Waals surface area (Å²) in [5.74, 6) is -0.131. The molecular weight excluding hydrogens is 289 g/mol. The first kappa shape index (κ1) is 15.4. The van der Waals surface area contributed by atoms with Gasteiger partial charge >= 0.3 is 6.18 Å². The molecule has 1 aliphatic heterocycles. The molecule has 2 rings (SSSR count). The van der Waals surface area contributed by atoms with E-state index in [0.717, 1.165) is 19.6 Å². The van der Waals surface area contributed by atoms with Crippen molar-refractivity contribution in [2.24, 2.45) is 0 Å². The molecule has 1 aromatic rings. The lowest BCUT2D eigenvalue weighted by Gasteiger charge is -2.39. The number of likely N-dealkylation sites (N-methyl/N-ethyl adjacent to an activating group) is 1. The molecule has 0 radical (unpaired) electrons. The SMILES string of the molecule is CC1CN(c2ccc(CCl)c(C(F)(F)F)c2)CCN1C. The molecule has 0 spiro atoms. The second-order valence-electron chi connectivity index (χ2n) is 5.25. The van der Waals surface area contributed by atoms with Crippen molar-refractivity contribution in [1.29, 1.82) is 0 Å². The van der Waals surface area contributed by atoms with E-state index < -0.39 is 11.7 Å². The van der Waals surface area contributed by atoms with E-state index in [-0.39, 0.29) is 11.4 Å². The molecule has 2 nitrogen and oxygen atoms in total. The predicted octanol–water partition coefficient (Wildman–Crippen LogP) is 3.58. The smallest absolute Gasteiger partial charge is 0.369 e. The Bertz CT molecular complexity index is 476. The second kappa shape index (κ2) is 5.82. The number of halogens is 4. The van der Waals surface area contributed by atoms with Crippen LogP contribution in [0.15, 0.2) is 18.2 Å². The van der Waals surface area contributed by atoms with Crippen LogP contribution in [0.25, 0.3) is 0 Å². The van der Waals surface area contributed by atoms with Crippen molar-refractivity contribution in [2.45, 2.75) is 25.0 Å². The Hall–Kier alpha value is -0.940. The summed E-state index contributed by atoms with van der Waals surface area (Å²) in [4.78, 5) is 4.20. The Morgan fingerprint density at radius 3 is 2.55 bits per heavy atom. The van der Waals surface area contributed by atoms with Gasteiger partial charge in [0, 0.05) is 37.2 Å². The maximum atomic E-state index is 13.0. The molecule has 1 aliphatic rings. The fourth-order valence-corrected chi connectivity index (χ4v) is 2.66. The quantitative estimate of drug-likeness (QED) is 0.771. The predicted molar refractivity (Wildman–Crippen MR) is 75.3 cm³/mol. The van der Waals surface area contributed by atoms with Gasteiger partial charge in [-0.15, -0.1) is 11.6 Å². The normalized spacial score (nSPS) is 21.3. The maximum absolute atomic E-state index is 13.0.